The van der Waals surface area contributed by atoms with E-state index in [9.17, 15) is 4.79 Å². The third-order valence-corrected chi connectivity index (χ3v) is 4.62. The second kappa shape index (κ2) is 9.33. The van der Waals surface area contributed by atoms with Crippen molar-refractivity contribution in [2.75, 3.05) is 31.6 Å². The van der Waals surface area contributed by atoms with Crippen LogP contribution in [-0.2, 0) is 11.3 Å². The quantitative estimate of drug-likeness (QED) is 0.785. The highest BCUT2D eigenvalue weighted by atomic mass is 16.5. The Bertz CT molecular complexity index is 666. The van der Waals surface area contributed by atoms with Crippen LogP contribution in [0, 0.1) is 5.92 Å². The number of ether oxygens (including phenoxy) is 1. The highest BCUT2D eigenvalue weighted by Crippen LogP contribution is 2.17. The zero-order valence-electron chi connectivity index (χ0n) is 15.3. The lowest BCUT2D eigenvalue weighted by atomic mass is 10.1. The van der Waals surface area contributed by atoms with E-state index >= 15 is 0 Å². The number of aromatic nitrogens is 3. The summed E-state index contributed by atoms with van der Waals surface area (Å²) in [6, 6.07) is 7.54. The van der Waals surface area contributed by atoms with E-state index in [0.717, 1.165) is 18.0 Å². The van der Waals surface area contributed by atoms with E-state index in [2.05, 4.69) is 20.3 Å². The van der Waals surface area contributed by atoms with Gasteiger partial charge < -0.3 is 10.1 Å². The van der Waals surface area contributed by atoms with Crippen LogP contribution in [0.1, 0.15) is 26.2 Å². The van der Waals surface area contributed by atoms with Crippen molar-refractivity contribution in [3.63, 3.8) is 0 Å². The van der Waals surface area contributed by atoms with Gasteiger partial charge in [0.25, 0.3) is 0 Å². The number of amides is 1. The molecule has 0 bridgehead atoms. The molecule has 140 valence electrons. The summed E-state index contributed by atoms with van der Waals surface area (Å²) in [5, 5.41) is 6.95. The first-order chi connectivity index (χ1) is 12.7. The summed E-state index contributed by atoms with van der Waals surface area (Å²) in [6.45, 7) is 6.40. The maximum atomic E-state index is 12.3. The molecule has 1 fully saturated rings. The van der Waals surface area contributed by atoms with E-state index in [4.69, 9.17) is 4.74 Å². The van der Waals surface area contributed by atoms with Gasteiger partial charge in [0, 0.05) is 12.2 Å². The fourth-order valence-electron chi connectivity index (χ4n) is 3.07. The van der Waals surface area contributed by atoms with Crippen LogP contribution in [0.2, 0.25) is 0 Å². The van der Waals surface area contributed by atoms with Crippen LogP contribution in [0.25, 0.3) is 0 Å². The Morgan fingerprint density at radius 3 is 2.69 bits per heavy atom. The fourth-order valence-corrected chi connectivity index (χ4v) is 3.07. The maximum Gasteiger partial charge on any atom is 0.229 e. The summed E-state index contributed by atoms with van der Waals surface area (Å²) in [4.78, 5) is 18.6. The second-order valence-corrected chi connectivity index (χ2v) is 6.78. The predicted octanol–water partition coefficient (Wildman–Crippen LogP) is 2.42. The summed E-state index contributed by atoms with van der Waals surface area (Å²) in [7, 11) is 0. The molecule has 0 aliphatic carbocycles. The first-order valence-electron chi connectivity index (χ1n) is 9.29. The number of carbonyl (C=O) groups is 1. The highest BCUT2D eigenvalue weighted by Gasteiger charge is 2.14. The Labute approximate surface area is 154 Å². The number of carbonyl (C=O) groups excluding carboxylic acids is 1. The Balaban J connectivity index is 1.41. The number of hydrogen-bond acceptors (Lipinski definition) is 5. The van der Waals surface area contributed by atoms with Crippen LogP contribution >= 0.6 is 0 Å². The van der Waals surface area contributed by atoms with Gasteiger partial charge in [-0.1, -0.05) is 13.3 Å². The lowest BCUT2D eigenvalue weighted by Gasteiger charge is -2.26. The Morgan fingerprint density at radius 1 is 1.23 bits per heavy atom. The van der Waals surface area contributed by atoms with Gasteiger partial charge in [-0.2, -0.15) is 5.10 Å². The molecule has 0 radical (unpaired) electrons. The summed E-state index contributed by atoms with van der Waals surface area (Å²) in [5.74, 6) is 0.590. The van der Waals surface area contributed by atoms with Crippen LogP contribution in [0.5, 0.6) is 5.75 Å². The molecule has 0 saturated carbocycles. The van der Waals surface area contributed by atoms with Gasteiger partial charge in [0.1, 0.15) is 25.0 Å². The van der Waals surface area contributed by atoms with Crippen molar-refractivity contribution in [2.45, 2.75) is 32.7 Å². The summed E-state index contributed by atoms with van der Waals surface area (Å²) in [5.41, 5.74) is 0.767. The number of hydrogen-bond donors (Lipinski definition) is 1. The number of nitrogens with zero attached hydrogens (tertiary/aromatic N) is 4. The standard InChI is InChI=1S/C19H27N5O2/c1-16(13-24-15-20-14-21-24)19(25)22-17-5-7-18(8-6-17)26-12-11-23-9-3-2-4-10-23/h5-8,14-16H,2-4,9-13H2,1H3,(H,22,25)/t16-/m1/s1. The van der Waals surface area contributed by atoms with E-state index in [1.54, 1.807) is 11.0 Å². The van der Waals surface area contributed by atoms with E-state index in [1.165, 1.54) is 38.7 Å². The molecule has 1 aromatic carbocycles. The normalized spacial score (nSPS) is 16.2. The van der Waals surface area contributed by atoms with Crippen molar-refractivity contribution in [2.24, 2.45) is 5.92 Å². The first kappa shape index (κ1) is 18.4. The lowest BCUT2D eigenvalue weighted by molar-refractivity contribution is -0.119. The molecule has 1 aliphatic heterocycles. The molecule has 1 atom stereocenters. The van der Waals surface area contributed by atoms with E-state index < -0.39 is 0 Å². The van der Waals surface area contributed by atoms with Gasteiger partial charge in [-0.05, 0) is 50.2 Å². The number of anilines is 1. The average molecular weight is 357 g/mol. The number of rotatable bonds is 8. The van der Waals surface area contributed by atoms with Gasteiger partial charge in [0.2, 0.25) is 5.91 Å². The molecule has 7 heteroatoms. The van der Waals surface area contributed by atoms with Crippen molar-refractivity contribution < 1.29 is 9.53 Å². The van der Waals surface area contributed by atoms with Gasteiger partial charge in [-0.3, -0.25) is 14.4 Å². The van der Waals surface area contributed by atoms with E-state index in [0.29, 0.717) is 13.2 Å². The number of piperidine rings is 1. The molecule has 2 heterocycles. The maximum absolute atomic E-state index is 12.3. The number of nitrogens with one attached hydrogen (secondary N) is 1. The summed E-state index contributed by atoms with van der Waals surface area (Å²) < 4.78 is 7.47. The Kier molecular flexibility index (Phi) is 6.60. The average Bonchev–Trinajstić information content (AvgIpc) is 3.17. The van der Waals surface area contributed by atoms with Gasteiger partial charge in [0.15, 0.2) is 0 Å². The Morgan fingerprint density at radius 2 is 2.00 bits per heavy atom. The molecule has 0 unspecified atom stereocenters. The molecule has 1 N–H and O–H groups in total. The van der Waals surface area contributed by atoms with Gasteiger partial charge in [-0.25, -0.2) is 4.98 Å². The second-order valence-electron chi connectivity index (χ2n) is 6.78. The van der Waals surface area contributed by atoms with Crippen molar-refractivity contribution in [1.82, 2.24) is 19.7 Å². The zero-order valence-corrected chi connectivity index (χ0v) is 15.3. The minimum absolute atomic E-state index is 0.0423. The van der Waals surface area contributed by atoms with E-state index in [1.807, 2.05) is 31.2 Å². The SMILES string of the molecule is C[C@H](Cn1cncn1)C(=O)Nc1ccc(OCCN2CCCCC2)cc1. The largest absolute Gasteiger partial charge is 0.492 e. The predicted molar refractivity (Wildman–Crippen MR) is 100 cm³/mol. The molecule has 1 amide bonds. The molecular formula is C19H27N5O2. The summed E-state index contributed by atoms with van der Waals surface area (Å²) >= 11 is 0. The van der Waals surface area contributed by atoms with Crippen LogP contribution in [0.15, 0.2) is 36.9 Å². The molecule has 26 heavy (non-hydrogen) atoms. The third kappa shape index (κ3) is 5.56. The molecule has 1 aromatic heterocycles. The van der Waals surface area contributed by atoms with Crippen molar-refractivity contribution >= 4 is 11.6 Å². The van der Waals surface area contributed by atoms with Gasteiger partial charge >= 0.3 is 0 Å². The monoisotopic (exact) mass is 357 g/mol. The minimum atomic E-state index is -0.197. The smallest absolute Gasteiger partial charge is 0.229 e. The van der Waals surface area contributed by atoms with E-state index in [-0.39, 0.29) is 11.8 Å². The third-order valence-electron chi connectivity index (χ3n) is 4.62. The lowest BCUT2D eigenvalue weighted by Crippen LogP contribution is -2.33. The minimum Gasteiger partial charge on any atom is -0.492 e. The zero-order chi connectivity index (χ0) is 18.2. The highest BCUT2D eigenvalue weighted by molar-refractivity contribution is 5.92. The van der Waals surface area contributed by atoms with Crippen LogP contribution in [0.3, 0.4) is 0 Å². The number of likely N-dealkylation sites (tertiary alicyclic amines) is 1. The molecule has 3 rings (SSSR count). The molecular weight excluding hydrogens is 330 g/mol. The van der Waals surface area contributed by atoms with Gasteiger partial charge in [0.05, 0.1) is 12.5 Å². The van der Waals surface area contributed by atoms with Crippen LogP contribution in [-0.4, -0.2) is 51.8 Å². The molecule has 0 spiro atoms. The Hall–Kier alpha value is -2.41. The van der Waals surface area contributed by atoms with Crippen molar-refractivity contribution in [1.29, 1.82) is 0 Å². The molecule has 2 aromatic rings. The molecule has 1 aliphatic rings. The van der Waals surface area contributed by atoms with Crippen molar-refractivity contribution in [3.05, 3.63) is 36.9 Å². The van der Waals surface area contributed by atoms with Gasteiger partial charge in [-0.15, -0.1) is 0 Å². The van der Waals surface area contributed by atoms with Crippen molar-refractivity contribution in [3.8, 4) is 5.75 Å². The fraction of sp³-hybridized carbons (Fsp3) is 0.526. The van der Waals surface area contributed by atoms with Crippen LogP contribution in [0.4, 0.5) is 5.69 Å². The van der Waals surface area contributed by atoms with Crippen LogP contribution < -0.4 is 10.1 Å². The molecule has 7 nitrogen and oxygen atoms in total. The first-order valence-corrected chi connectivity index (χ1v) is 9.29. The summed E-state index contributed by atoms with van der Waals surface area (Å²) in [6.07, 6.45) is 7.02. The molecule has 1 saturated heterocycles. The number of benzene rings is 1. The topological polar surface area (TPSA) is 72.3 Å².